The lowest BCUT2D eigenvalue weighted by Gasteiger charge is -2.02. The molecule has 2 aromatic rings. The Morgan fingerprint density at radius 3 is 2.71 bits per heavy atom. The van der Waals surface area contributed by atoms with Crippen LogP contribution >= 0.6 is 0 Å². The molecule has 0 saturated carbocycles. The molecule has 0 unspecified atom stereocenters. The molecular formula is C11H15N3. The maximum absolute atomic E-state index is 5.62. The SMILES string of the molecule is Cc1cc(C)c2c(c1)nc(CN)n2C. The number of nitrogens with two attached hydrogens (primary N) is 1. The number of imidazole rings is 1. The number of aryl methyl sites for hydroxylation is 3. The van der Waals surface area contributed by atoms with Crippen LogP contribution in [0.15, 0.2) is 12.1 Å². The zero-order chi connectivity index (χ0) is 10.3. The lowest BCUT2D eigenvalue weighted by atomic mass is 10.1. The van der Waals surface area contributed by atoms with E-state index in [4.69, 9.17) is 5.73 Å². The summed E-state index contributed by atoms with van der Waals surface area (Å²) in [6.07, 6.45) is 0. The molecule has 74 valence electrons. The Hall–Kier alpha value is -1.35. The lowest BCUT2D eigenvalue weighted by molar-refractivity contribution is 0.811. The van der Waals surface area contributed by atoms with E-state index in [0.717, 1.165) is 11.3 Å². The molecular weight excluding hydrogens is 174 g/mol. The molecule has 0 spiro atoms. The summed E-state index contributed by atoms with van der Waals surface area (Å²) in [5, 5.41) is 0. The Morgan fingerprint density at radius 1 is 1.36 bits per heavy atom. The van der Waals surface area contributed by atoms with Gasteiger partial charge in [0.25, 0.3) is 0 Å². The summed E-state index contributed by atoms with van der Waals surface area (Å²) in [5.41, 5.74) is 10.4. The predicted molar refractivity (Wildman–Crippen MR) is 58.1 cm³/mol. The van der Waals surface area contributed by atoms with Gasteiger partial charge in [-0.3, -0.25) is 0 Å². The lowest BCUT2D eigenvalue weighted by Crippen LogP contribution is -2.04. The topological polar surface area (TPSA) is 43.8 Å². The van der Waals surface area contributed by atoms with Gasteiger partial charge in [-0.25, -0.2) is 4.98 Å². The van der Waals surface area contributed by atoms with Gasteiger partial charge in [-0.2, -0.15) is 0 Å². The number of nitrogens with zero attached hydrogens (tertiary/aromatic N) is 2. The fourth-order valence-electron chi connectivity index (χ4n) is 1.98. The van der Waals surface area contributed by atoms with Crippen LogP contribution in [0.3, 0.4) is 0 Å². The molecule has 3 heteroatoms. The second-order valence-corrected chi connectivity index (χ2v) is 3.74. The van der Waals surface area contributed by atoms with Crippen LogP contribution in [0.5, 0.6) is 0 Å². The fraction of sp³-hybridized carbons (Fsp3) is 0.364. The van der Waals surface area contributed by atoms with Gasteiger partial charge < -0.3 is 10.3 Å². The first-order valence-electron chi connectivity index (χ1n) is 4.76. The Morgan fingerprint density at radius 2 is 2.07 bits per heavy atom. The quantitative estimate of drug-likeness (QED) is 0.741. The van der Waals surface area contributed by atoms with E-state index >= 15 is 0 Å². The highest BCUT2D eigenvalue weighted by Gasteiger charge is 2.08. The number of hydrogen-bond donors (Lipinski definition) is 1. The van der Waals surface area contributed by atoms with Crippen molar-refractivity contribution in [3.05, 3.63) is 29.1 Å². The molecule has 1 aromatic carbocycles. The van der Waals surface area contributed by atoms with Crippen LogP contribution in [0.4, 0.5) is 0 Å². The second kappa shape index (κ2) is 3.10. The van der Waals surface area contributed by atoms with E-state index in [1.807, 2.05) is 7.05 Å². The van der Waals surface area contributed by atoms with Gasteiger partial charge in [0, 0.05) is 7.05 Å². The summed E-state index contributed by atoms with van der Waals surface area (Å²) in [6, 6.07) is 4.27. The Balaban J connectivity index is 2.85. The van der Waals surface area contributed by atoms with Gasteiger partial charge in [-0.15, -0.1) is 0 Å². The van der Waals surface area contributed by atoms with E-state index in [0.29, 0.717) is 6.54 Å². The number of aromatic nitrogens is 2. The summed E-state index contributed by atoms with van der Waals surface area (Å²) in [5.74, 6) is 0.939. The van der Waals surface area contributed by atoms with Crippen LogP contribution in [0.2, 0.25) is 0 Å². The largest absolute Gasteiger partial charge is 0.330 e. The summed E-state index contributed by atoms with van der Waals surface area (Å²) < 4.78 is 2.07. The number of benzene rings is 1. The first-order chi connectivity index (χ1) is 6.63. The van der Waals surface area contributed by atoms with Crippen LogP contribution in [0.25, 0.3) is 11.0 Å². The molecule has 1 aromatic heterocycles. The van der Waals surface area contributed by atoms with Crippen LogP contribution in [-0.4, -0.2) is 9.55 Å². The summed E-state index contributed by atoms with van der Waals surface area (Å²) in [7, 11) is 2.01. The van der Waals surface area contributed by atoms with Gasteiger partial charge in [-0.05, 0) is 31.0 Å². The van der Waals surface area contributed by atoms with Crippen LogP contribution in [0, 0.1) is 13.8 Å². The zero-order valence-corrected chi connectivity index (χ0v) is 8.83. The molecule has 0 aliphatic rings. The molecule has 3 nitrogen and oxygen atoms in total. The average Bonchev–Trinajstić information content (AvgIpc) is 2.42. The summed E-state index contributed by atoms with van der Waals surface area (Å²) >= 11 is 0. The molecule has 0 radical (unpaired) electrons. The van der Waals surface area contributed by atoms with E-state index < -0.39 is 0 Å². The highest BCUT2D eigenvalue weighted by atomic mass is 15.1. The van der Waals surface area contributed by atoms with Crippen LogP contribution < -0.4 is 5.73 Å². The molecule has 0 aliphatic carbocycles. The van der Waals surface area contributed by atoms with Crippen molar-refractivity contribution in [1.82, 2.24) is 9.55 Å². The van der Waals surface area contributed by atoms with Gasteiger partial charge in [0.2, 0.25) is 0 Å². The van der Waals surface area contributed by atoms with Crippen molar-refractivity contribution in [3.8, 4) is 0 Å². The van der Waals surface area contributed by atoms with Gasteiger partial charge >= 0.3 is 0 Å². The van der Waals surface area contributed by atoms with Crippen molar-refractivity contribution in [2.75, 3.05) is 0 Å². The van der Waals surface area contributed by atoms with E-state index in [1.54, 1.807) is 0 Å². The van der Waals surface area contributed by atoms with Crippen molar-refractivity contribution in [2.45, 2.75) is 20.4 Å². The molecule has 0 atom stereocenters. The minimum atomic E-state index is 0.490. The Kier molecular flexibility index (Phi) is 2.04. The molecule has 2 N–H and O–H groups in total. The molecule has 0 fully saturated rings. The van der Waals surface area contributed by atoms with Gasteiger partial charge in [0.05, 0.1) is 17.6 Å². The van der Waals surface area contributed by atoms with Crippen molar-refractivity contribution in [3.63, 3.8) is 0 Å². The number of fused-ring (bicyclic) bond motifs is 1. The first kappa shape index (κ1) is 9.21. The Bertz CT molecular complexity index is 483. The molecule has 0 amide bonds. The standard InChI is InChI=1S/C11H15N3/c1-7-4-8(2)11-9(5-7)13-10(6-12)14(11)3/h4-5H,6,12H2,1-3H3. The molecule has 0 aliphatic heterocycles. The smallest absolute Gasteiger partial charge is 0.123 e. The van der Waals surface area contributed by atoms with Crippen molar-refractivity contribution >= 4 is 11.0 Å². The number of rotatable bonds is 1. The highest BCUT2D eigenvalue weighted by Crippen LogP contribution is 2.20. The van der Waals surface area contributed by atoms with Gasteiger partial charge in [0.15, 0.2) is 0 Å². The number of hydrogen-bond acceptors (Lipinski definition) is 2. The molecule has 1 heterocycles. The van der Waals surface area contributed by atoms with E-state index in [1.165, 1.54) is 16.6 Å². The second-order valence-electron chi connectivity index (χ2n) is 3.74. The van der Waals surface area contributed by atoms with Crippen LogP contribution in [0.1, 0.15) is 17.0 Å². The minimum Gasteiger partial charge on any atom is -0.330 e. The highest BCUT2D eigenvalue weighted by molar-refractivity contribution is 5.80. The first-order valence-corrected chi connectivity index (χ1v) is 4.76. The maximum Gasteiger partial charge on any atom is 0.123 e. The zero-order valence-electron chi connectivity index (χ0n) is 8.83. The fourth-order valence-corrected chi connectivity index (χ4v) is 1.98. The van der Waals surface area contributed by atoms with Crippen molar-refractivity contribution in [1.29, 1.82) is 0 Å². The van der Waals surface area contributed by atoms with Crippen molar-refractivity contribution in [2.24, 2.45) is 12.8 Å². The van der Waals surface area contributed by atoms with E-state index in [9.17, 15) is 0 Å². The van der Waals surface area contributed by atoms with Crippen LogP contribution in [-0.2, 0) is 13.6 Å². The molecule has 0 saturated heterocycles. The maximum atomic E-state index is 5.62. The Labute approximate surface area is 83.6 Å². The minimum absolute atomic E-state index is 0.490. The molecule has 2 rings (SSSR count). The van der Waals surface area contributed by atoms with E-state index in [2.05, 4.69) is 35.5 Å². The average molecular weight is 189 g/mol. The van der Waals surface area contributed by atoms with E-state index in [-0.39, 0.29) is 0 Å². The third-order valence-electron chi connectivity index (χ3n) is 2.58. The predicted octanol–water partition coefficient (Wildman–Crippen LogP) is 1.65. The summed E-state index contributed by atoms with van der Waals surface area (Å²) in [6.45, 7) is 4.68. The molecule has 0 bridgehead atoms. The monoisotopic (exact) mass is 189 g/mol. The van der Waals surface area contributed by atoms with Gasteiger partial charge in [-0.1, -0.05) is 6.07 Å². The third kappa shape index (κ3) is 1.21. The normalized spacial score (nSPS) is 11.1. The summed E-state index contributed by atoms with van der Waals surface area (Å²) in [4.78, 5) is 4.49. The van der Waals surface area contributed by atoms with Crippen molar-refractivity contribution < 1.29 is 0 Å². The molecule has 14 heavy (non-hydrogen) atoms. The third-order valence-corrected chi connectivity index (χ3v) is 2.58. The van der Waals surface area contributed by atoms with Gasteiger partial charge in [0.1, 0.15) is 5.82 Å².